The van der Waals surface area contributed by atoms with E-state index in [2.05, 4.69) is 152 Å². The van der Waals surface area contributed by atoms with Gasteiger partial charge in [0.2, 0.25) is 0 Å². The van der Waals surface area contributed by atoms with Gasteiger partial charge < -0.3 is 0 Å². The first-order chi connectivity index (χ1) is 28.4. The minimum absolute atomic E-state index is 0.167. The predicted octanol–water partition coefficient (Wildman–Crippen LogP) is 7.64. The standard InChI is InChI=1S/C51H29B5N2/c52-45-46(53)48(55)50(49(56)47(45)54)58-42-22-12-11-21-41(42)57-51(58)33-25-23-32(24-26-33)43-37-17-7-9-19-39(37)44(40-20-10-8-18-38(40)43)36-28-34(30-13-3-1-4-14-30)27-35(29-36)31-15-5-2-6-16-31/h1-29H. The van der Waals surface area contributed by atoms with Crippen molar-refractivity contribution < 1.29 is 0 Å². The number of hydrogen-bond donors (Lipinski definition) is 0. The smallest absolute Gasteiger partial charge is 0.145 e. The van der Waals surface area contributed by atoms with Crippen LogP contribution in [-0.4, -0.2) is 48.8 Å². The fraction of sp³-hybridized carbons (Fsp3) is 0. The van der Waals surface area contributed by atoms with E-state index in [0.717, 1.165) is 44.1 Å². The first-order valence-corrected chi connectivity index (χ1v) is 19.2. The highest BCUT2D eigenvalue weighted by atomic mass is 15.1. The minimum Gasteiger partial charge on any atom is -0.294 e. The monoisotopic (exact) mass is 724 g/mol. The molecule has 10 aromatic rings. The fourth-order valence-corrected chi connectivity index (χ4v) is 8.43. The third kappa shape index (κ3) is 5.84. The van der Waals surface area contributed by atoms with E-state index < -0.39 is 0 Å². The van der Waals surface area contributed by atoms with Crippen LogP contribution in [0.25, 0.3) is 94.2 Å². The lowest BCUT2D eigenvalue weighted by Crippen LogP contribution is -2.56. The molecule has 0 saturated heterocycles. The first kappa shape index (κ1) is 35.7. The normalized spacial score (nSPS) is 11.4. The molecule has 0 unspecified atom stereocenters. The van der Waals surface area contributed by atoms with Crippen molar-refractivity contribution >= 4 is 99.1 Å². The zero-order chi connectivity index (χ0) is 39.5. The lowest BCUT2D eigenvalue weighted by atomic mass is 9.61. The number of imidazole rings is 1. The number of rotatable bonds is 6. The quantitative estimate of drug-likeness (QED) is 0.128. The molecule has 0 aliphatic carbocycles. The van der Waals surface area contributed by atoms with E-state index in [0.29, 0.717) is 11.5 Å². The van der Waals surface area contributed by atoms with Gasteiger partial charge in [0.05, 0.1) is 11.0 Å². The molecular formula is C51H29B5N2. The van der Waals surface area contributed by atoms with Crippen molar-refractivity contribution in [3.63, 3.8) is 0 Å². The molecule has 2 nitrogen and oxygen atoms in total. The average molecular weight is 724 g/mol. The highest BCUT2D eigenvalue weighted by Crippen LogP contribution is 2.45. The SMILES string of the molecule is [B]c1c([B])c([B])c(-n2c(-c3ccc(-c4c5ccccc5c(-c5cc(-c6ccccc6)cc(-c6ccccc6)c5)c5ccccc45)cc3)nc3ccccc32)c([B])c1[B]. The van der Waals surface area contributed by atoms with Crippen LogP contribution >= 0.6 is 0 Å². The van der Waals surface area contributed by atoms with Crippen molar-refractivity contribution in [1.82, 2.24) is 9.55 Å². The molecule has 0 N–H and O–H groups in total. The van der Waals surface area contributed by atoms with Crippen molar-refractivity contribution in [2.24, 2.45) is 0 Å². The summed E-state index contributed by atoms with van der Waals surface area (Å²) in [5.41, 5.74) is 13.2. The molecule has 258 valence electrons. The molecule has 10 radical (unpaired) electrons. The van der Waals surface area contributed by atoms with E-state index in [9.17, 15) is 0 Å². The largest absolute Gasteiger partial charge is 0.294 e. The van der Waals surface area contributed by atoms with Gasteiger partial charge in [0.15, 0.2) is 0 Å². The minimum atomic E-state index is 0.167. The molecule has 0 aliphatic rings. The Hall–Kier alpha value is -6.71. The van der Waals surface area contributed by atoms with Gasteiger partial charge in [-0.05, 0) is 96.4 Å². The number of aromatic nitrogens is 2. The van der Waals surface area contributed by atoms with Gasteiger partial charge in [-0.3, -0.25) is 4.57 Å². The van der Waals surface area contributed by atoms with Crippen molar-refractivity contribution in [3.8, 4) is 61.6 Å². The highest BCUT2D eigenvalue weighted by molar-refractivity contribution is 6.68. The summed E-state index contributed by atoms with van der Waals surface area (Å²) in [6, 6.07) is 62.0. The Morgan fingerprint density at radius 2 is 0.724 bits per heavy atom. The molecule has 0 amide bonds. The molecule has 0 spiro atoms. The van der Waals surface area contributed by atoms with Crippen LogP contribution in [0, 0.1) is 0 Å². The zero-order valence-electron chi connectivity index (χ0n) is 31.5. The molecule has 58 heavy (non-hydrogen) atoms. The molecule has 0 fully saturated rings. The molecule has 0 aliphatic heterocycles. The summed E-state index contributed by atoms with van der Waals surface area (Å²) >= 11 is 0. The number of nitrogens with zero attached hydrogens (tertiary/aromatic N) is 2. The van der Waals surface area contributed by atoms with Crippen molar-refractivity contribution in [2.75, 3.05) is 0 Å². The van der Waals surface area contributed by atoms with Gasteiger partial charge in [-0.25, -0.2) is 4.98 Å². The van der Waals surface area contributed by atoms with Gasteiger partial charge in [-0.15, -0.1) is 16.4 Å². The second-order valence-corrected chi connectivity index (χ2v) is 14.6. The molecule has 1 heterocycles. The Morgan fingerprint density at radius 3 is 1.24 bits per heavy atom. The van der Waals surface area contributed by atoms with Crippen LogP contribution in [0.15, 0.2) is 176 Å². The lowest BCUT2D eigenvalue weighted by molar-refractivity contribution is 1.12. The maximum absolute atomic E-state index is 6.63. The van der Waals surface area contributed by atoms with Gasteiger partial charge >= 0.3 is 0 Å². The molecule has 9 aromatic carbocycles. The summed E-state index contributed by atoms with van der Waals surface area (Å²) in [5, 5.41) is 4.68. The molecule has 0 saturated carbocycles. The summed E-state index contributed by atoms with van der Waals surface area (Å²) < 4.78 is 1.92. The number of para-hydroxylation sites is 2. The molecule has 1 aromatic heterocycles. The second kappa shape index (κ2) is 14.3. The van der Waals surface area contributed by atoms with E-state index in [1.165, 1.54) is 38.6 Å². The van der Waals surface area contributed by atoms with Crippen molar-refractivity contribution in [1.29, 1.82) is 0 Å². The maximum atomic E-state index is 6.63. The van der Waals surface area contributed by atoms with E-state index in [1.54, 1.807) is 0 Å². The topological polar surface area (TPSA) is 17.8 Å². The van der Waals surface area contributed by atoms with E-state index in [-0.39, 0.29) is 27.3 Å². The van der Waals surface area contributed by atoms with Gasteiger partial charge in [0, 0.05) is 11.3 Å². The average Bonchev–Trinajstić information content (AvgIpc) is 3.66. The van der Waals surface area contributed by atoms with Crippen molar-refractivity contribution in [3.05, 3.63) is 176 Å². The zero-order valence-corrected chi connectivity index (χ0v) is 31.5. The third-order valence-corrected chi connectivity index (χ3v) is 11.3. The number of benzene rings is 9. The summed E-state index contributed by atoms with van der Waals surface area (Å²) in [6.07, 6.45) is 0. The van der Waals surface area contributed by atoms with Crippen LogP contribution < -0.4 is 27.3 Å². The van der Waals surface area contributed by atoms with Crippen LogP contribution in [0.5, 0.6) is 0 Å². The fourth-order valence-electron chi connectivity index (χ4n) is 8.43. The summed E-state index contributed by atoms with van der Waals surface area (Å²) in [4.78, 5) is 5.07. The van der Waals surface area contributed by atoms with Crippen LogP contribution in [0.1, 0.15) is 0 Å². The van der Waals surface area contributed by atoms with Gasteiger partial charge in [-0.2, -0.15) is 0 Å². The van der Waals surface area contributed by atoms with Crippen LogP contribution in [0.3, 0.4) is 0 Å². The summed E-state index contributed by atoms with van der Waals surface area (Å²) in [6.45, 7) is 0. The maximum Gasteiger partial charge on any atom is 0.145 e. The summed E-state index contributed by atoms with van der Waals surface area (Å²) in [5.74, 6) is 0.646. The van der Waals surface area contributed by atoms with Crippen LogP contribution in [-0.2, 0) is 0 Å². The number of fused-ring (bicyclic) bond motifs is 3. The lowest BCUT2D eigenvalue weighted by Gasteiger charge is -2.23. The van der Waals surface area contributed by atoms with E-state index in [1.807, 2.05) is 28.8 Å². The van der Waals surface area contributed by atoms with E-state index in [4.69, 9.17) is 44.2 Å². The molecule has 10 rings (SSSR count). The Kier molecular flexibility index (Phi) is 8.83. The van der Waals surface area contributed by atoms with Gasteiger partial charge in [0.25, 0.3) is 0 Å². The Morgan fingerprint density at radius 1 is 0.328 bits per heavy atom. The summed E-state index contributed by atoms with van der Waals surface area (Å²) in [7, 11) is 32.2. The molecular weight excluding hydrogens is 695 g/mol. The first-order valence-electron chi connectivity index (χ1n) is 19.2. The molecule has 7 heteroatoms. The van der Waals surface area contributed by atoms with E-state index >= 15 is 0 Å². The van der Waals surface area contributed by atoms with Gasteiger partial charge in [0.1, 0.15) is 45.1 Å². The predicted molar refractivity (Wildman–Crippen MR) is 250 cm³/mol. The van der Waals surface area contributed by atoms with Gasteiger partial charge in [-0.1, -0.05) is 157 Å². The van der Waals surface area contributed by atoms with Crippen LogP contribution in [0.2, 0.25) is 0 Å². The highest BCUT2D eigenvalue weighted by Gasteiger charge is 2.21. The van der Waals surface area contributed by atoms with Crippen molar-refractivity contribution in [2.45, 2.75) is 0 Å². The second-order valence-electron chi connectivity index (χ2n) is 14.6. The Bertz CT molecular complexity index is 3070. The molecule has 0 atom stereocenters. The Labute approximate surface area is 344 Å². The molecule has 0 bridgehead atoms. The third-order valence-electron chi connectivity index (χ3n) is 11.3. The van der Waals surface area contributed by atoms with Crippen LogP contribution in [0.4, 0.5) is 0 Å². The Balaban J connectivity index is 1.17. The number of hydrogen-bond acceptors (Lipinski definition) is 1.